The lowest BCUT2D eigenvalue weighted by Crippen LogP contribution is -2.49. The summed E-state index contributed by atoms with van der Waals surface area (Å²) >= 11 is 0. The first kappa shape index (κ1) is 8.73. The van der Waals surface area contributed by atoms with Gasteiger partial charge in [0.25, 0.3) is 0 Å². The van der Waals surface area contributed by atoms with E-state index < -0.39 is 5.60 Å². The standard InChI is InChI=1S/C10H14O3/c11-7-10-6-2-1-3-8(10)4-5-9(12)13-10/h7-8H,1-6H2/t8-,10?/m0/s1. The number of hydrogen-bond donors (Lipinski definition) is 0. The second-order valence-corrected chi connectivity index (χ2v) is 4.03. The molecule has 1 aliphatic carbocycles. The molecule has 0 aromatic rings. The lowest BCUT2D eigenvalue weighted by molar-refractivity contribution is -0.181. The van der Waals surface area contributed by atoms with Crippen LogP contribution in [0.25, 0.3) is 0 Å². The summed E-state index contributed by atoms with van der Waals surface area (Å²) in [6.45, 7) is 0. The summed E-state index contributed by atoms with van der Waals surface area (Å²) in [4.78, 5) is 22.1. The van der Waals surface area contributed by atoms with E-state index in [1.165, 1.54) is 0 Å². The SMILES string of the molecule is O=CC12CCCC[C@H]1CCC(=O)O2. The van der Waals surface area contributed by atoms with Crippen molar-refractivity contribution in [3.63, 3.8) is 0 Å². The Bertz CT molecular complexity index is 236. The minimum absolute atomic E-state index is 0.203. The fourth-order valence-electron chi connectivity index (χ4n) is 2.50. The number of hydrogen-bond acceptors (Lipinski definition) is 3. The molecule has 1 aliphatic heterocycles. The normalized spacial score (nSPS) is 39.1. The van der Waals surface area contributed by atoms with Crippen molar-refractivity contribution in [2.45, 2.75) is 44.1 Å². The highest BCUT2D eigenvalue weighted by atomic mass is 16.6. The largest absolute Gasteiger partial charge is 0.451 e. The van der Waals surface area contributed by atoms with Gasteiger partial charge in [0.05, 0.1) is 0 Å². The van der Waals surface area contributed by atoms with Gasteiger partial charge in [-0.05, 0) is 25.7 Å². The van der Waals surface area contributed by atoms with E-state index in [0.717, 1.165) is 38.4 Å². The van der Waals surface area contributed by atoms with Gasteiger partial charge in [-0.3, -0.25) is 9.59 Å². The van der Waals surface area contributed by atoms with Crippen LogP contribution >= 0.6 is 0 Å². The molecule has 1 saturated heterocycles. The fraction of sp³-hybridized carbons (Fsp3) is 0.800. The predicted molar refractivity (Wildman–Crippen MR) is 46.1 cm³/mol. The van der Waals surface area contributed by atoms with Gasteiger partial charge in [0.15, 0.2) is 11.9 Å². The number of carbonyl (C=O) groups excluding carboxylic acids is 2. The van der Waals surface area contributed by atoms with E-state index in [9.17, 15) is 9.59 Å². The molecule has 13 heavy (non-hydrogen) atoms. The maximum absolute atomic E-state index is 11.1. The summed E-state index contributed by atoms with van der Waals surface area (Å²) in [5, 5.41) is 0. The Morgan fingerprint density at radius 3 is 3.00 bits per heavy atom. The summed E-state index contributed by atoms with van der Waals surface area (Å²) in [5.74, 6) is 0.0849. The molecule has 1 unspecified atom stereocenters. The van der Waals surface area contributed by atoms with E-state index in [0.29, 0.717) is 6.42 Å². The van der Waals surface area contributed by atoms with Crippen LogP contribution < -0.4 is 0 Å². The van der Waals surface area contributed by atoms with Crippen molar-refractivity contribution in [1.82, 2.24) is 0 Å². The summed E-state index contributed by atoms with van der Waals surface area (Å²) < 4.78 is 5.22. The summed E-state index contributed by atoms with van der Waals surface area (Å²) in [7, 11) is 0. The zero-order valence-corrected chi connectivity index (χ0v) is 7.62. The number of esters is 1. The van der Waals surface area contributed by atoms with Gasteiger partial charge >= 0.3 is 5.97 Å². The van der Waals surface area contributed by atoms with Crippen LogP contribution in [0, 0.1) is 5.92 Å². The Morgan fingerprint density at radius 1 is 1.38 bits per heavy atom. The highest BCUT2D eigenvalue weighted by Gasteiger charge is 2.46. The van der Waals surface area contributed by atoms with Crippen LogP contribution in [0.1, 0.15) is 38.5 Å². The van der Waals surface area contributed by atoms with E-state index in [-0.39, 0.29) is 11.9 Å². The van der Waals surface area contributed by atoms with E-state index >= 15 is 0 Å². The molecule has 2 aliphatic rings. The quantitative estimate of drug-likeness (QED) is 0.455. The molecule has 1 heterocycles. The fourth-order valence-corrected chi connectivity index (χ4v) is 2.50. The predicted octanol–water partition coefficient (Wildman–Crippen LogP) is 1.45. The third kappa shape index (κ3) is 1.36. The molecule has 0 amide bonds. The molecular weight excluding hydrogens is 168 g/mol. The number of rotatable bonds is 1. The number of carbonyl (C=O) groups is 2. The van der Waals surface area contributed by atoms with E-state index in [4.69, 9.17) is 4.74 Å². The van der Waals surface area contributed by atoms with Gasteiger partial charge < -0.3 is 4.74 Å². The van der Waals surface area contributed by atoms with E-state index in [1.807, 2.05) is 0 Å². The third-order valence-electron chi connectivity index (χ3n) is 3.26. The Labute approximate surface area is 77.4 Å². The van der Waals surface area contributed by atoms with E-state index in [1.54, 1.807) is 0 Å². The van der Waals surface area contributed by atoms with E-state index in [2.05, 4.69) is 0 Å². The van der Waals surface area contributed by atoms with Gasteiger partial charge in [-0.25, -0.2) is 0 Å². The van der Waals surface area contributed by atoms with Crippen molar-refractivity contribution in [2.24, 2.45) is 5.92 Å². The molecule has 2 rings (SSSR count). The van der Waals surface area contributed by atoms with Crippen molar-refractivity contribution < 1.29 is 14.3 Å². The Hall–Kier alpha value is -0.860. The van der Waals surface area contributed by atoms with Gasteiger partial charge in [-0.1, -0.05) is 6.42 Å². The van der Waals surface area contributed by atoms with Gasteiger partial charge in [-0.15, -0.1) is 0 Å². The van der Waals surface area contributed by atoms with Gasteiger partial charge in [-0.2, -0.15) is 0 Å². The summed E-state index contributed by atoms with van der Waals surface area (Å²) in [6.07, 6.45) is 6.10. The lowest BCUT2D eigenvalue weighted by Gasteiger charge is -2.42. The zero-order chi connectivity index (χ0) is 9.31. The van der Waals surface area contributed by atoms with Crippen molar-refractivity contribution >= 4 is 12.3 Å². The Kier molecular flexibility index (Phi) is 2.10. The third-order valence-corrected chi connectivity index (χ3v) is 3.26. The van der Waals surface area contributed by atoms with Crippen LogP contribution in [0.3, 0.4) is 0 Å². The van der Waals surface area contributed by atoms with Crippen LogP contribution in [0.15, 0.2) is 0 Å². The van der Waals surface area contributed by atoms with Crippen molar-refractivity contribution in [2.75, 3.05) is 0 Å². The van der Waals surface area contributed by atoms with Crippen molar-refractivity contribution in [3.8, 4) is 0 Å². The molecule has 2 atom stereocenters. The molecule has 3 nitrogen and oxygen atoms in total. The molecule has 0 radical (unpaired) electrons. The molecular formula is C10H14O3. The second kappa shape index (κ2) is 3.13. The molecule has 3 heteroatoms. The highest BCUT2D eigenvalue weighted by Crippen LogP contribution is 2.41. The maximum atomic E-state index is 11.1. The van der Waals surface area contributed by atoms with Crippen molar-refractivity contribution in [3.05, 3.63) is 0 Å². The molecule has 1 saturated carbocycles. The van der Waals surface area contributed by atoms with Crippen LogP contribution in [-0.4, -0.2) is 17.9 Å². The summed E-state index contributed by atoms with van der Waals surface area (Å²) in [6, 6.07) is 0. The summed E-state index contributed by atoms with van der Waals surface area (Å²) in [5.41, 5.74) is -0.742. The Morgan fingerprint density at radius 2 is 2.23 bits per heavy atom. The molecule has 2 fully saturated rings. The lowest BCUT2D eigenvalue weighted by atomic mass is 9.72. The van der Waals surface area contributed by atoms with Crippen LogP contribution in [0.2, 0.25) is 0 Å². The molecule has 0 spiro atoms. The number of ether oxygens (including phenoxy) is 1. The first-order valence-electron chi connectivity index (χ1n) is 4.95. The molecule has 0 N–H and O–H groups in total. The van der Waals surface area contributed by atoms with Crippen molar-refractivity contribution in [1.29, 1.82) is 0 Å². The second-order valence-electron chi connectivity index (χ2n) is 4.03. The maximum Gasteiger partial charge on any atom is 0.306 e. The minimum atomic E-state index is -0.742. The first-order valence-corrected chi connectivity index (χ1v) is 4.95. The first-order chi connectivity index (χ1) is 6.27. The number of fused-ring (bicyclic) bond motifs is 1. The number of aldehydes is 1. The zero-order valence-electron chi connectivity index (χ0n) is 7.62. The van der Waals surface area contributed by atoms with Gasteiger partial charge in [0.1, 0.15) is 0 Å². The smallest absolute Gasteiger partial charge is 0.306 e. The van der Waals surface area contributed by atoms with Gasteiger partial charge in [0, 0.05) is 12.3 Å². The monoisotopic (exact) mass is 182 g/mol. The van der Waals surface area contributed by atoms with Gasteiger partial charge in [0.2, 0.25) is 0 Å². The Balaban J connectivity index is 2.21. The molecule has 0 aromatic heterocycles. The molecule has 0 aromatic carbocycles. The minimum Gasteiger partial charge on any atom is -0.451 e. The van der Waals surface area contributed by atoms with Crippen LogP contribution in [0.4, 0.5) is 0 Å². The van der Waals surface area contributed by atoms with Crippen LogP contribution in [0.5, 0.6) is 0 Å². The topological polar surface area (TPSA) is 43.4 Å². The van der Waals surface area contributed by atoms with Crippen LogP contribution in [-0.2, 0) is 14.3 Å². The molecule has 72 valence electrons. The average Bonchev–Trinajstić information content (AvgIpc) is 2.17. The highest BCUT2D eigenvalue weighted by molar-refractivity contribution is 5.76. The average molecular weight is 182 g/mol. The molecule has 0 bridgehead atoms.